The molecule has 1 N–H and O–H groups in total. The molecule has 0 radical (unpaired) electrons. The fourth-order valence-corrected chi connectivity index (χ4v) is 2.25. The lowest BCUT2D eigenvalue weighted by Gasteiger charge is -2.07. The van der Waals surface area contributed by atoms with Crippen LogP contribution in [0.3, 0.4) is 0 Å². The first-order valence-electron chi connectivity index (χ1n) is 7.77. The summed E-state index contributed by atoms with van der Waals surface area (Å²) < 4.78 is 42.7. The van der Waals surface area contributed by atoms with Crippen LogP contribution in [0, 0.1) is 0 Å². The van der Waals surface area contributed by atoms with Gasteiger partial charge in [0, 0.05) is 24.1 Å². The monoisotopic (exact) mass is 361 g/mol. The first-order chi connectivity index (χ1) is 12.4. The van der Waals surface area contributed by atoms with E-state index in [1.165, 1.54) is 0 Å². The molecule has 0 atom stereocenters. The number of carbonyl (C=O) groups excluding carboxylic acids is 1. The summed E-state index contributed by atoms with van der Waals surface area (Å²) in [5.74, 6) is 0.344. The lowest BCUT2D eigenvalue weighted by Crippen LogP contribution is -2.26. The van der Waals surface area contributed by atoms with Crippen molar-refractivity contribution in [2.24, 2.45) is 0 Å². The van der Waals surface area contributed by atoms with Crippen molar-refractivity contribution in [3.8, 4) is 11.5 Å². The second-order valence-corrected chi connectivity index (χ2v) is 5.46. The van der Waals surface area contributed by atoms with E-state index in [0.29, 0.717) is 18.1 Å². The van der Waals surface area contributed by atoms with E-state index in [9.17, 15) is 18.0 Å². The van der Waals surface area contributed by atoms with Gasteiger partial charge in [-0.15, -0.1) is 0 Å². The molecule has 0 saturated carbocycles. The van der Waals surface area contributed by atoms with E-state index in [4.69, 9.17) is 4.52 Å². The van der Waals surface area contributed by atoms with Gasteiger partial charge < -0.3 is 9.84 Å². The predicted molar refractivity (Wildman–Crippen MR) is 87.2 cm³/mol. The van der Waals surface area contributed by atoms with Crippen LogP contribution in [0.4, 0.5) is 13.2 Å². The number of amides is 1. The second-order valence-electron chi connectivity index (χ2n) is 5.46. The van der Waals surface area contributed by atoms with E-state index in [1.807, 2.05) is 30.3 Å². The van der Waals surface area contributed by atoms with E-state index in [-0.39, 0.29) is 12.1 Å². The Kier molecular flexibility index (Phi) is 5.01. The normalized spacial score (nSPS) is 11.3. The van der Waals surface area contributed by atoms with Crippen molar-refractivity contribution in [2.45, 2.75) is 12.6 Å². The molecule has 3 rings (SSSR count). The van der Waals surface area contributed by atoms with Crippen molar-refractivity contribution in [3.05, 3.63) is 71.5 Å². The van der Waals surface area contributed by atoms with E-state index in [1.54, 1.807) is 0 Å². The van der Waals surface area contributed by atoms with Gasteiger partial charge in [-0.05, 0) is 36.4 Å². The largest absolute Gasteiger partial charge is 0.416 e. The van der Waals surface area contributed by atoms with Gasteiger partial charge in [0.1, 0.15) is 0 Å². The third-order valence-electron chi connectivity index (χ3n) is 3.60. The van der Waals surface area contributed by atoms with Crippen molar-refractivity contribution in [3.63, 3.8) is 0 Å². The van der Waals surface area contributed by atoms with Crippen molar-refractivity contribution in [1.29, 1.82) is 0 Å². The van der Waals surface area contributed by atoms with Crippen molar-refractivity contribution < 1.29 is 22.5 Å². The minimum Gasteiger partial charge on any atom is -0.352 e. The molecule has 2 aromatic carbocycles. The minimum absolute atomic E-state index is 0.149. The summed E-state index contributed by atoms with van der Waals surface area (Å²) in [5, 5.41) is 6.45. The molecule has 0 unspecified atom stereocenters. The number of alkyl halides is 3. The summed E-state index contributed by atoms with van der Waals surface area (Å²) in [6.45, 7) is 0.230. The standard InChI is InChI=1S/C18H14F3N3O2/c19-18(20,21)14-8-6-12(7-9-14)16(25)22-11-10-15-23-17(26-24-15)13-4-2-1-3-5-13/h1-9H,10-11H2,(H,22,25). The molecule has 0 fully saturated rings. The van der Waals surface area contributed by atoms with E-state index in [2.05, 4.69) is 15.5 Å². The maximum absolute atomic E-state index is 12.5. The summed E-state index contributed by atoms with van der Waals surface area (Å²) in [4.78, 5) is 16.2. The van der Waals surface area contributed by atoms with Gasteiger partial charge in [0.2, 0.25) is 0 Å². The molecule has 1 amide bonds. The first kappa shape index (κ1) is 17.7. The highest BCUT2D eigenvalue weighted by molar-refractivity contribution is 5.94. The average Bonchev–Trinajstić information content (AvgIpc) is 3.11. The van der Waals surface area contributed by atoms with Crippen molar-refractivity contribution in [1.82, 2.24) is 15.5 Å². The molecule has 3 aromatic rings. The Morgan fingerprint density at radius 1 is 1.04 bits per heavy atom. The molecule has 0 spiro atoms. The zero-order valence-electron chi connectivity index (χ0n) is 13.5. The number of hydrogen-bond acceptors (Lipinski definition) is 4. The van der Waals surface area contributed by atoms with E-state index in [0.717, 1.165) is 29.8 Å². The summed E-state index contributed by atoms with van der Waals surface area (Å²) in [6.07, 6.45) is -4.09. The average molecular weight is 361 g/mol. The molecule has 8 heteroatoms. The Morgan fingerprint density at radius 2 is 1.73 bits per heavy atom. The summed E-state index contributed by atoms with van der Waals surface area (Å²) in [6, 6.07) is 13.3. The predicted octanol–water partition coefficient (Wildman–Crippen LogP) is 3.73. The van der Waals surface area contributed by atoms with Crippen LogP contribution in [0.5, 0.6) is 0 Å². The highest BCUT2D eigenvalue weighted by Gasteiger charge is 2.30. The maximum atomic E-state index is 12.5. The lowest BCUT2D eigenvalue weighted by molar-refractivity contribution is -0.137. The molecule has 0 aliphatic rings. The van der Waals surface area contributed by atoms with Crippen molar-refractivity contribution in [2.75, 3.05) is 6.54 Å². The topological polar surface area (TPSA) is 68.0 Å². The van der Waals surface area contributed by atoms with Crippen LogP contribution >= 0.6 is 0 Å². The number of benzene rings is 2. The van der Waals surface area contributed by atoms with E-state index < -0.39 is 17.6 Å². The number of nitrogens with zero attached hydrogens (tertiary/aromatic N) is 2. The Bertz CT molecular complexity index is 875. The van der Waals surface area contributed by atoms with Gasteiger partial charge in [0.05, 0.1) is 5.56 Å². The third kappa shape index (κ3) is 4.27. The molecule has 0 aliphatic heterocycles. The Hall–Kier alpha value is -3.16. The highest BCUT2D eigenvalue weighted by atomic mass is 19.4. The molecule has 26 heavy (non-hydrogen) atoms. The van der Waals surface area contributed by atoms with Gasteiger partial charge in [-0.25, -0.2) is 0 Å². The Morgan fingerprint density at radius 3 is 2.38 bits per heavy atom. The molecule has 1 aromatic heterocycles. The third-order valence-corrected chi connectivity index (χ3v) is 3.60. The number of carbonyl (C=O) groups is 1. The zero-order valence-corrected chi connectivity index (χ0v) is 13.5. The van der Waals surface area contributed by atoms with Crippen LogP contribution in [-0.2, 0) is 12.6 Å². The molecule has 134 valence electrons. The molecule has 0 saturated heterocycles. The van der Waals surface area contributed by atoms with Crippen LogP contribution in [0.25, 0.3) is 11.5 Å². The first-order valence-corrected chi connectivity index (χ1v) is 7.77. The quantitative estimate of drug-likeness (QED) is 0.752. The lowest BCUT2D eigenvalue weighted by atomic mass is 10.1. The summed E-state index contributed by atoms with van der Waals surface area (Å²) in [5.41, 5.74) is 0.144. The highest BCUT2D eigenvalue weighted by Crippen LogP contribution is 2.29. The number of hydrogen-bond donors (Lipinski definition) is 1. The molecular formula is C18H14F3N3O2. The molecular weight excluding hydrogens is 347 g/mol. The summed E-state index contributed by atoms with van der Waals surface area (Å²) in [7, 11) is 0. The Labute approximate surface area is 146 Å². The van der Waals surface area contributed by atoms with Gasteiger partial charge in [0.25, 0.3) is 11.8 Å². The number of halogens is 3. The molecule has 0 bridgehead atoms. The molecule has 5 nitrogen and oxygen atoms in total. The van der Waals surface area contributed by atoms with Gasteiger partial charge in [-0.1, -0.05) is 23.4 Å². The minimum atomic E-state index is -4.43. The van der Waals surface area contributed by atoms with Crippen LogP contribution in [-0.4, -0.2) is 22.6 Å². The SMILES string of the molecule is O=C(NCCc1noc(-c2ccccc2)n1)c1ccc(C(F)(F)F)cc1. The van der Waals surface area contributed by atoms with Gasteiger partial charge >= 0.3 is 6.18 Å². The fourth-order valence-electron chi connectivity index (χ4n) is 2.25. The zero-order chi connectivity index (χ0) is 18.6. The number of nitrogens with one attached hydrogen (secondary N) is 1. The second kappa shape index (κ2) is 7.38. The number of rotatable bonds is 5. The fraction of sp³-hybridized carbons (Fsp3) is 0.167. The molecule has 1 heterocycles. The van der Waals surface area contributed by atoms with E-state index >= 15 is 0 Å². The Balaban J connectivity index is 1.53. The number of aromatic nitrogens is 2. The van der Waals surface area contributed by atoms with Crippen LogP contribution in [0.15, 0.2) is 59.1 Å². The van der Waals surface area contributed by atoms with Crippen LogP contribution < -0.4 is 5.32 Å². The van der Waals surface area contributed by atoms with Gasteiger partial charge in [-0.3, -0.25) is 4.79 Å². The van der Waals surface area contributed by atoms with Crippen LogP contribution in [0.1, 0.15) is 21.7 Å². The molecule has 0 aliphatic carbocycles. The maximum Gasteiger partial charge on any atom is 0.416 e. The smallest absolute Gasteiger partial charge is 0.352 e. The van der Waals surface area contributed by atoms with Gasteiger partial charge in [-0.2, -0.15) is 18.2 Å². The van der Waals surface area contributed by atoms with Crippen LogP contribution in [0.2, 0.25) is 0 Å². The van der Waals surface area contributed by atoms with Gasteiger partial charge in [0.15, 0.2) is 5.82 Å². The van der Waals surface area contributed by atoms with Crippen molar-refractivity contribution >= 4 is 5.91 Å². The summed E-state index contributed by atoms with van der Waals surface area (Å²) >= 11 is 0.